The van der Waals surface area contributed by atoms with E-state index in [1.54, 1.807) is 66.9 Å². The predicted molar refractivity (Wildman–Crippen MR) is 111 cm³/mol. The highest BCUT2D eigenvalue weighted by atomic mass is 35.5. The zero-order valence-corrected chi connectivity index (χ0v) is 16.1. The van der Waals surface area contributed by atoms with Crippen molar-refractivity contribution in [2.75, 3.05) is 13.1 Å². The maximum absolute atomic E-state index is 12.4. The van der Waals surface area contributed by atoms with Gasteiger partial charge in [-0.15, -0.1) is 0 Å². The average Bonchev–Trinajstić information content (AvgIpc) is 2.76. The second-order valence-corrected chi connectivity index (χ2v) is 6.55. The predicted octanol–water partition coefficient (Wildman–Crippen LogP) is 3.43. The number of nitriles is 1. The Balaban J connectivity index is 1.58. The number of amides is 2. The summed E-state index contributed by atoms with van der Waals surface area (Å²) in [6.07, 6.45) is 1.60. The van der Waals surface area contributed by atoms with Crippen LogP contribution in [0.15, 0.2) is 66.9 Å². The number of benzene rings is 2. The van der Waals surface area contributed by atoms with Gasteiger partial charge < -0.3 is 10.6 Å². The van der Waals surface area contributed by atoms with E-state index in [0.717, 1.165) is 0 Å². The van der Waals surface area contributed by atoms with Gasteiger partial charge in [0.1, 0.15) is 6.07 Å². The molecule has 7 heteroatoms. The molecule has 3 aromatic rings. The van der Waals surface area contributed by atoms with Gasteiger partial charge in [-0.3, -0.25) is 14.6 Å². The number of hydrogen-bond acceptors (Lipinski definition) is 4. The molecule has 144 valence electrons. The number of hydrogen-bond donors (Lipinski definition) is 2. The van der Waals surface area contributed by atoms with Crippen molar-refractivity contribution in [2.24, 2.45) is 0 Å². The molecule has 0 saturated heterocycles. The molecule has 0 saturated carbocycles. The molecule has 1 aromatic heterocycles. The first-order valence-corrected chi connectivity index (χ1v) is 9.24. The number of nitrogens with one attached hydrogen (secondary N) is 2. The van der Waals surface area contributed by atoms with Crippen molar-refractivity contribution in [3.8, 4) is 17.3 Å². The lowest BCUT2D eigenvalue weighted by atomic mass is 10.0. The molecule has 0 radical (unpaired) electrons. The second kappa shape index (κ2) is 9.49. The number of carbonyl (C=O) groups is 2. The Morgan fingerprint density at radius 2 is 1.59 bits per heavy atom. The SMILES string of the molecule is N#Cc1cccnc1-c1cccc(C(=O)NCCNC(=O)c2cccc(Cl)c2)c1. The first-order chi connectivity index (χ1) is 14.1. The lowest BCUT2D eigenvalue weighted by molar-refractivity contribution is 0.0927. The van der Waals surface area contributed by atoms with Crippen LogP contribution in [0.4, 0.5) is 0 Å². The molecule has 2 N–H and O–H groups in total. The minimum atomic E-state index is -0.279. The van der Waals surface area contributed by atoms with Crippen LogP contribution in [0, 0.1) is 11.3 Å². The largest absolute Gasteiger partial charge is 0.350 e. The van der Waals surface area contributed by atoms with Gasteiger partial charge in [0.25, 0.3) is 11.8 Å². The van der Waals surface area contributed by atoms with E-state index in [1.165, 1.54) is 0 Å². The molecule has 1 heterocycles. The van der Waals surface area contributed by atoms with E-state index in [0.29, 0.717) is 33.0 Å². The Bertz CT molecular complexity index is 1090. The molecule has 2 amide bonds. The lowest BCUT2D eigenvalue weighted by Gasteiger charge is -2.09. The quantitative estimate of drug-likeness (QED) is 0.615. The summed E-state index contributed by atoms with van der Waals surface area (Å²) in [6, 6.07) is 19.0. The van der Waals surface area contributed by atoms with Gasteiger partial charge in [0.2, 0.25) is 0 Å². The molecule has 0 atom stereocenters. The number of aromatic nitrogens is 1. The van der Waals surface area contributed by atoms with E-state index < -0.39 is 0 Å². The summed E-state index contributed by atoms with van der Waals surface area (Å²) >= 11 is 5.88. The van der Waals surface area contributed by atoms with Crippen molar-refractivity contribution in [1.82, 2.24) is 15.6 Å². The van der Waals surface area contributed by atoms with Gasteiger partial charge in [0.05, 0.1) is 11.3 Å². The van der Waals surface area contributed by atoms with Crippen LogP contribution in [0.1, 0.15) is 26.3 Å². The highest BCUT2D eigenvalue weighted by molar-refractivity contribution is 6.30. The highest BCUT2D eigenvalue weighted by Gasteiger charge is 2.11. The summed E-state index contributed by atoms with van der Waals surface area (Å²) in [4.78, 5) is 28.7. The molecular weight excluding hydrogens is 388 g/mol. The molecule has 0 fully saturated rings. The number of halogens is 1. The number of rotatable bonds is 6. The van der Waals surface area contributed by atoms with Crippen LogP contribution in [0.3, 0.4) is 0 Å². The Morgan fingerprint density at radius 1 is 0.931 bits per heavy atom. The third-order valence-electron chi connectivity index (χ3n) is 4.11. The molecule has 0 aliphatic heterocycles. The fraction of sp³-hybridized carbons (Fsp3) is 0.0909. The zero-order chi connectivity index (χ0) is 20.6. The summed E-state index contributed by atoms with van der Waals surface area (Å²) in [5.74, 6) is -0.541. The average molecular weight is 405 g/mol. The van der Waals surface area contributed by atoms with Crippen molar-refractivity contribution < 1.29 is 9.59 Å². The van der Waals surface area contributed by atoms with E-state index in [9.17, 15) is 14.9 Å². The normalized spacial score (nSPS) is 10.1. The zero-order valence-electron chi connectivity index (χ0n) is 15.4. The van der Waals surface area contributed by atoms with E-state index in [4.69, 9.17) is 11.6 Å². The van der Waals surface area contributed by atoms with Crippen molar-refractivity contribution in [2.45, 2.75) is 0 Å². The monoisotopic (exact) mass is 404 g/mol. The Morgan fingerprint density at radius 3 is 2.24 bits per heavy atom. The highest BCUT2D eigenvalue weighted by Crippen LogP contribution is 2.21. The van der Waals surface area contributed by atoms with Gasteiger partial charge >= 0.3 is 0 Å². The molecule has 3 rings (SSSR count). The van der Waals surface area contributed by atoms with Gasteiger partial charge in [-0.1, -0.05) is 29.8 Å². The Hall–Kier alpha value is -3.69. The molecule has 0 aliphatic rings. The summed E-state index contributed by atoms with van der Waals surface area (Å²) in [5, 5.41) is 15.2. The second-order valence-electron chi connectivity index (χ2n) is 6.11. The summed E-state index contributed by atoms with van der Waals surface area (Å²) in [5.41, 5.74) is 2.55. The maximum Gasteiger partial charge on any atom is 0.251 e. The van der Waals surface area contributed by atoms with Crippen LogP contribution in [0.5, 0.6) is 0 Å². The van der Waals surface area contributed by atoms with E-state index in [1.807, 2.05) is 0 Å². The summed E-state index contributed by atoms with van der Waals surface area (Å²) < 4.78 is 0. The molecule has 0 aliphatic carbocycles. The van der Waals surface area contributed by atoms with Gasteiger partial charge in [-0.05, 0) is 42.5 Å². The maximum atomic E-state index is 12.4. The van der Waals surface area contributed by atoms with Crippen LogP contribution in [0.25, 0.3) is 11.3 Å². The fourth-order valence-corrected chi connectivity index (χ4v) is 2.91. The minimum Gasteiger partial charge on any atom is -0.350 e. The van der Waals surface area contributed by atoms with Crippen LogP contribution in [-0.4, -0.2) is 29.9 Å². The van der Waals surface area contributed by atoms with Gasteiger partial charge in [-0.25, -0.2) is 0 Å². The molecule has 6 nitrogen and oxygen atoms in total. The Labute approximate surface area is 173 Å². The van der Waals surface area contributed by atoms with Crippen LogP contribution in [0.2, 0.25) is 5.02 Å². The van der Waals surface area contributed by atoms with E-state index in [-0.39, 0.29) is 24.9 Å². The van der Waals surface area contributed by atoms with E-state index >= 15 is 0 Å². The van der Waals surface area contributed by atoms with Crippen LogP contribution < -0.4 is 10.6 Å². The number of pyridine rings is 1. The molecule has 0 unspecified atom stereocenters. The molecule has 2 aromatic carbocycles. The molecule has 0 spiro atoms. The summed E-state index contributed by atoms with van der Waals surface area (Å²) in [6.45, 7) is 0.540. The van der Waals surface area contributed by atoms with Crippen molar-refractivity contribution in [1.29, 1.82) is 5.26 Å². The summed E-state index contributed by atoms with van der Waals surface area (Å²) in [7, 11) is 0. The minimum absolute atomic E-state index is 0.261. The van der Waals surface area contributed by atoms with Crippen LogP contribution in [-0.2, 0) is 0 Å². The van der Waals surface area contributed by atoms with Gasteiger partial charge in [0.15, 0.2) is 0 Å². The molecule has 0 bridgehead atoms. The molecule has 29 heavy (non-hydrogen) atoms. The van der Waals surface area contributed by atoms with Gasteiger partial charge in [0, 0.05) is 41.0 Å². The van der Waals surface area contributed by atoms with Crippen LogP contribution >= 0.6 is 11.6 Å². The molecular formula is C22H17ClN4O2. The number of nitrogens with zero attached hydrogens (tertiary/aromatic N) is 2. The van der Waals surface area contributed by atoms with Gasteiger partial charge in [-0.2, -0.15) is 5.26 Å². The third-order valence-corrected chi connectivity index (χ3v) is 4.34. The first-order valence-electron chi connectivity index (χ1n) is 8.86. The van der Waals surface area contributed by atoms with Crippen molar-refractivity contribution in [3.05, 3.63) is 88.6 Å². The Kier molecular flexibility index (Phi) is 6.56. The topological polar surface area (TPSA) is 94.9 Å². The fourth-order valence-electron chi connectivity index (χ4n) is 2.72. The van der Waals surface area contributed by atoms with Crippen molar-refractivity contribution >= 4 is 23.4 Å². The number of carbonyl (C=O) groups excluding carboxylic acids is 2. The smallest absolute Gasteiger partial charge is 0.251 e. The van der Waals surface area contributed by atoms with Crippen molar-refractivity contribution in [3.63, 3.8) is 0 Å². The van der Waals surface area contributed by atoms with E-state index in [2.05, 4.69) is 21.7 Å². The first kappa shape index (κ1) is 20.1. The standard InChI is InChI=1S/C22H17ClN4O2/c23-19-8-2-6-17(13-19)22(29)27-11-10-26-21(28)16-5-1-4-15(12-16)20-18(14-24)7-3-9-25-20/h1-9,12-13H,10-11H2,(H,26,28)(H,27,29). The lowest BCUT2D eigenvalue weighted by Crippen LogP contribution is -2.34. The third kappa shape index (κ3) is 5.18.